The van der Waals surface area contributed by atoms with E-state index in [1.165, 1.54) is 29.8 Å². The molecule has 112 valence electrons. The fraction of sp³-hybridized carbons (Fsp3) is 0.333. The van der Waals surface area contributed by atoms with E-state index in [1.54, 1.807) is 13.1 Å². The summed E-state index contributed by atoms with van der Waals surface area (Å²) in [5.41, 5.74) is 0.696. The van der Waals surface area contributed by atoms with E-state index in [0.717, 1.165) is 10.1 Å². The third-order valence-corrected chi connectivity index (χ3v) is 3.56. The van der Waals surface area contributed by atoms with Gasteiger partial charge in [0.1, 0.15) is 5.82 Å². The van der Waals surface area contributed by atoms with E-state index in [0.29, 0.717) is 12.2 Å². The maximum absolute atomic E-state index is 13.2. The first-order chi connectivity index (χ1) is 9.90. The molecule has 0 aliphatic carbocycles. The number of rotatable bonds is 4. The van der Waals surface area contributed by atoms with Crippen molar-refractivity contribution < 1.29 is 4.39 Å². The topological polar surface area (TPSA) is 56.0 Å². The van der Waals surface area contributed by atoms with Crippen LogP contribution in [0.5, 0.6) is 0 Å². The molecule has 0 spiro atoms. The Morgan fingerprint density at radius 2 is 1.90 bits per heavy atom. The highest BCUT2D eigenvalue weighted by Gasteiger charge is 2.09. The minimum absolute atomic E-state index is 0.0974. The second-order valence-electron chi connectivity index (χ2n) is 5.03. The zero-order valence-corrected chi connectivity index (χ0v) is 12.3. The van der Waals surface area contributed by atoms with Gasteiger partial charge in [0, 0.05) is 38.4 Å². The highest BCUT2D eigenvalue weighted by atomic mass is 19.1. The standard InChI is InChI=1S/C15H18FN3O2/c1-10(11-5-4-6-12(16)7-11)17-9-13-8-14(20)19(3)15(21)18(13)2/h4-8,10,17H,9H2,1-3H3/t10-/m0/s1. The van der Waals surface area contributed by atoms with Gasteiger partial charge in [-0.25, -0.2) is 9.18 Å². The molecular weight excluding hydrogens is 273 g/mol. The van der Waals surface area contributed by atoms with Crippen LogP contribution in [0.4, 0.5) is 4.39 Å². The van der Waals surface area contributed by atoms with Crippen LogP contribution in [-0.4, -0.2) is 9.13 Å². The normalized spacial score (nSPS) is 12.4. The molecule has 0 unspecified atom stereocenters. The lowest BCUT2D eigenvalue weighted by Gasteiger charge is -2.16. The molecule has 21 heavy (non-hydrogen) atoms. The first kappa shape index (κ1) is 15.2. The van der Waals surface area contributed by atoms with Gasteiger partial charge in [0.15, 0.2) is 0 Å². The Labute approximate surface area is 121 Å². The number of nitrogens with zero attached hydrogens (tertiary/aromatic N) is 2. The van der Waals surface area contributed by atoms with E-state index in [9.17, 15) is 14.0 Å². The van der Waals surface area contributed by atoms with Gasteiger partial charge in [-0.1, -0.05) is 12.1 Å². The van der Waals surface area contributed by atoms with E-state index in [1.807, 2.05) is 13.0 Å². The Morgan fingerprint density at radius 1 is 1.19 bits per heavy atom. The second kappa shape index (κ2) is 6.05. The van der Waals surface area contributed by atoms with Crippen molar-refractivity contribution in [3.63, 3.8) is 0 Å². The summed E-state index contributed by atoms with van der Waals surface area (Å²) in [7, 11) is 3.06. The lowest BCUT2D eigenvalue weighted by atomic mass is 10.1. The van der Waals surface area contributed by atoms with Gasteiger partial charge in [-0.2, -0.15) is 0 Å². The Kier molecular flexibility index (Phi) is 4.37. The van der Waals surface area contributed by atoms with E-state index in [2.05, 4.69) is 5.32 Å². The SMILES string of the molecule is C[C@H](NCc1cc(=O)n(C)c(=O)n1C)c1cccc(F)c1. The minimum atomic E-state index is -0.363. The summed E-state index contributed by atoms with van der Waals surface area (Å²) in [6, 6.07) is 7.65. The fourth-order valence-corrected chi connectivity index (χ4v) is 2.10. The monoisotopic (exact) mass is 291 g/mol. The highest BCUT2D eigenvalue weighted by Crippen LogP contribution is 2.13. The number of hydrogen-bond acceptors (Lipinski definition) is 3. The van der Waals surface area contributed by atoms with Crippen molar-refractivity contribution in [1.82, 2.24) is 14.5 Å². The lowest BCUT2D eigenvalue weighted by Crippen LogP contribution is -2.39. The summed E-state index contributed by atoms with van der Waals surface area (Å²) >= 11 is 0. The molecule has 1 aromatic heterocycles. The third-order valence-electron chi connectivity index (χ3n) is 3.56. The summed E-state index contributed by atoms with van der Waals surface area (Å²) in [4.78, 5) is 23.5. The van der Waals surface area contributed by atoms with Crippen molar-refractivity contribution in [2.45, 2.75) is 19.5 Å². The van der Waals surface area contributed by atoms with Crippen molar-refractivity contribution in [3.05, 3.63) is 68.2 Å². The van der Waals surface area contributed by atoms with E-state index >= 15 is 0 Å². The number of nitrogens with one attached hydrogen (secondary N) is 1. The van der Waals surface area contributed by atoms with Crippen LogP contribution in [0, 0.1) is 5.82 Å². The van der Waals surface area contributed by atoms with Gasteiger partial charge in [-0.3, -0.25) is 13.9 Å². The van der Waals surface area contributed by atoms with Gasteiger partial charge in [0.2, 0.25) is 0 Å². The zero-order chi connectivity index (χ0) is 15.6. The number of hydrogen-bond donors (Lipinski definition) is 1. The summed E-state index contributed by atoms with van der Waals surface area (Å²) in [6.45, 7) is 2.24. The van der Waals surface area contributed by atoms with Crippen LogP contribution in [0.1, 0.15) is 24.2 Å². The fourth-order valence-electron chi connectivity index (χ4n) is 2.10. The Bertz CT molecular complexity index is 764. The van der Waals surface area contributed by atoms with E-state index < -0.39 is 0 Å². The largest absolute Gasteiger partial charge is 0.330 e. The maximum atomic E-state index is 13.2. The summed E-state index contributed by atoms with van der Waals surface area (Å²) < 4.78 is 15.7. The van der Waals surface area contributed by atoms with Gasteiger partial charge in [0.25, 0.3) is 5.56 Å². The summed E-state index contributed by atoms with van der Waals surface area (Å²) in [5.74, 6) is -0.290. The van der Waals surface area contributed by atoms with Crippen molar-refractivity contribution in [2.24, 2.45) is 14.1 Å². The molecule has 0 amide bonds. The van der Waals surface area contributed by atoms with Crippen LogP contribution < -0.4 is 16.6 Å². The van der Waals surface area contributed by atoms with Crippen LogP contribution >= 0.6 is 0 Å². The van der Waals surface area contributed by atoms with Gasteiger partial charge < -0.3 is 5.32 Å². The third kappa shape index (κ3) is 3.28. The lowest BCUT2D eigenvalue weighted by molar-refractivity contribution is 0.535. The average Bonchev–Trinajstić information content (AvgIpc) is 2.47. The predicted molar refractivity (Wildman–Crippen MR) is 78.6 cm³/mol. The molecule has 2 rings (SSSR count). The molecule has 0 aliphatic heterocycles. The molecule has 1 N–H and O–H groups in total. The molecule has 1 atom stereocenters. The molecule has 5 nitrogen and oxygen atoms in total. The van der Waals surface area contributed by atoms with Crippen LogP contribution in [0.15, 0.2) is 39.9 Å². The zero-order valence-electron chi connectivity index (χ0n) is 12.3. The van der Waals surface area contributed by atoms with Crippen LogP contribution in [0.2, 0.25) is 0 Å². The van der Waals surface area contributed by atoms with Gasteiger partial charge in [-0.05, 0) is 24.6 Å². The van der Waals surface area contributed by atoms with E-state index in [4.69, 9.17) is 0 Å². The van der Waals surface area contributed by atoms with Crippen molar-refractivity contribution >= 4 is 0 Å². The first-order valence-electron chi connectivity index (χ1n) is 6.65. The van der Waals surface area contributed by atoms with Crippen molar-refractivity contribution in [1.29, 1.82) is 0 Å². The molecule has 0 bridgehead atoms. The molecule has 0 saturated heterocycles. The summed E-state index contributed by atoms with van der Waals surface area (Å²) in [5, 5.41) is 3.18. The van der Waals surface area contributed by atoms with Crippen LogP contribution in [-0.2, 0) is 20.6 Å². The molecule has 0 saturated carbocycles. The Hall–Kier alpha value is -2.21. The highest BCUT2D eigenvalue weighted by molar-refractivity contribution is 5.19. The molecule has 0 fully saturated rings. The maximum Gasteiger partial charge on any atom is 0.330 e. The smallest absolute Gasteiger partial charge is 0.305 e. The van der Waals surface area contributed by atoms with Crippen molar-refractivity contribution in [3.8, 4) is 0 Å². The predicted octanol–water partition coefficient (Wildman–Crippen LogP) is 1.07. The molecule has 1 aromatic carbocycles. The van der Waals surface area contributed by atoms with Crippen LogP contribution in [0.3, 0.4) is 0 Å². The number of benzene rings is 1. The Morgan fingerprint density at radius 3 is 2.57 bits per heavy atom. The van der Waals surface area contributed by atoms with Crippen molar-refractivity contribution in [2.75, 3.05) is 0 Å². The average molecular weight is 291 g/mol. The minimum Gasteiger partial charge on any atom is -0.305 e. The molecule has 1 heterocycles. The molecule has 0 aliphatic rings. The summed E-state index contributed by atoms with van der Waals surface area (Å²) in [6.07, 6.45) is 0. The number of halogens is 1. The molecule has 0 radical (unpaired) electrons. The first-order valence-corrected chi connectivity index (χ1v) is 6.65. The van der Waals surface area contributed by atoms with E-state index in [-0.39, 0.29) is 23.1 Å². The second-order valence-corrected chi connectivity index (χ2v) is 5.03. The van der Waals surface area contributed by atoms with Gasteiger partial charge >= 0.3 is 5.69 Å². The Balaban J connectivity index is 2.17. The number of aromatic nitrogens is 2. The quantitative estimate of drug-likeness (QED) is 0.917. The molecule has 2 aromatic rings. The van der Waals surface area contributed by atoms with Gasteiger partial charge in [-0.15, -0.1) is 0 Å². The molecular formula is C15H18FN3O2. The van der Waals surface area contributed by atoms with Gasteiger partial charge in [0.05, 0.1) is 0 Å². The molecule has 6 heteroatoms. The van der Waals surface area contributed by atoms with Crippen LogP contribution in [0.25, 0.3) is 0 Å².